The van der Waals surface area contributed by atoms with E-state index in [1.807, 2.05) is 22.6 Å². The van der Waals surface area contributed by atoms with Crippen LogP contribution in [0.15, 0.2) is 12.1 Å². The molecular formula is C9H8FIO3. The summed E-state index contributed by atoms with van der Waals surface area (Å²) in [6.07, 6.45) is -0.181. The molecule has 0 spiro atoms. The summed E-state index contributed by atoms with van der Waals surface area (Å²) in [5.41, 5.74) is 0.455. The van der Waals surface area contributed by atoms with Gasteiger partial charge in [0.25, 0.3) is 0 Å². The number of hydrogen-bond acceptors (Lipinski definition) is 2. The van der Waals surface area contributed by atoms with Gasteiger partial charge >= 0.3 is 5.97 Å². The molecule has 0 saturated carbocycles. The molecule has 0 bridgehead atoms. The van der Waals surface area contributed by atoms with Gasteiger partial charge in [-0.3, -0.25) is 4.79 Å². The van der Waals surface area contributed by atoms with Gasteiger partial charge in [-0.1, -0.05) is 0 Å². The summed E-state index contributed by atoms with van der Waals surface area (Å²) < 4.78 is 18.6. The highest BCUT2D eigenvalue weighted by atomic mass is 127. The first-order valence-electron chi connectivity index (χ1n) is 3.78. The van der Waals surface area contributed by atoms with E-state index in [1.165, 1.54) is 19.2 Å². The highest BCUT2D eigenvalue weighted by molar-refractivity contribution is 14.1. The van der Waals surface area contributed by atoms with Crippen LogP contribution in [0.2, 0.25) is 0 Å². The van der Waals surface area contributed by atoms with Crippen molar-refractivity contribution in [3.63, 3.8) is 0 Å². The Morgan fingerprint density at radius 2 is 2.29 bits per heavy atom. The first-order valence-corrected chi connectivity index (χ1v) is 4.86. The molecule has 0 aliphatic heterocycles. The minimum Gasteiger partial charge on any atom is -0.494 e. The fourth-order valence-electron chi connectivity index (χ4n) is 1.02. The third-order valence-electron chi connectivity index (χ3n) is 1.66. The summed E-state index contributed by atoms with van der Waals surface area (Å²) in [5, 5.41) is 8.55. The summed E-state index contributed by atoms with van der Waals surface area (Å²) >= 11 is 1.95. The molecule has 0 heterocycles. The van der Waals surface area contributed by atoms with Gasteiger partial charge in [0.1, 0.15) is 0 Å². The molecule has 14 heavy (non-hydrogen) atoms. The zero-order valence-electron chi connectivity index (χ0n) is 7.38. The fraction of sp³-hybridized carbons (Fsp3) is 0.222. The van der Waals surface area contributed by atoms with Crippen LogP contribution in [0.4, 0.5) is 4.39 Å². The maximum absolute atomic E-state index is 13.2. The monoisotopic (exact) mass is 310 g/mol. The Labute approximate surface area is 94.0 Å². The Bertz CT molecular complexity index is 365. The molecule has 0 radical (unpaired) electrons. The number of benzene rings is 1. The van der Waals surface area contributed by atoms with E-state index in [9.17, 15) is 9.18 Å². The standard InChI is InChI=1S/C9H8FIO3/c1-14-8-4-7(11)5(2-6(8)10)3-9(12)13/h2,4H,3H2,1H3,(H,12,13). The summed E-state index contributed by atoms with van der Waals surface area (Å²) in [6, 6.07) is 2.67. The average Bonchev–Trinajstić information content (AvgIpc) is 2.10. The van der Waals surface area contributed by atoms with Gasteiger partial charge in [-0.05, 0) is 40.3 Å². The molecule has 0 fully saturated rings. The summed E-state index contributed by atoms with van der Waals surface area (Å²) in [4.78, 5) is 10.4. The smallest absolute Gasteiger partial charge is 0.307 e. The first-order chi connectivity index (χ1) is 6.54. The van der Waals surface area contributed by atoms with E-state index >= 15 is 0 Å². The summed E-state index contributed by atoms with van der Waals surface area (Å²) in [5.74, 6) is -1.39. The third-order valence-corrected chi connectivity index (χ3v) is 2.67. The molecule has 0 aliphatic rings. The van der Waals surface area contributed by atoms with E-state index in [1.54, 1.807) is 0 Å². The van der Waals surface area contributed by atoms with Crippen molar-refractivity contribution >= 4 is 28.6 Å². The van der Waals surface area contributed by atoms with Gasteiger partial charge in [0.05, 0.1) is 13.5 Å². The number of methoxy groups -OCH3 is 1. The molecule has 0 aliphatic carbocycles. The minimum absolute atomic E-state index is 0.128. The van der Waals surface area contributed by atoms with Crippen molar-refractivity contribution in [2.75, 3.05) is 7.11 Å². The zero-order chi connectivity index (χ0) is 10.7. The molecular weight excluding hydrogens is 302 g/mol. The number of rotatable bonds is 3. The molecule has 1 N–H and O–H groups in total. The number of carbonyl (C=O) groups is 1. The van der Waals surface area contributed by atoms with Crippen molar-refractivity contribution in [1.29, 1.82) is 0 Å². The van der Waals surface area contributed by atoms with E-state index in [0.29, 0.717) is 9.13 Å². The Morgan fingerprint density at radius 1 is 1.64 bits per heavy atom. The van der Waals surface area contributed by atoms with E-state index in [-0.39, 0.29) is 12.2 Å². The Balaban J connectivity index is 3.08. The number of halogens is 2. The van der Waals surface area contributed by atoms with Crippen LogP contribution >= 0.6 is 22.6 Å². The molecule has 0 atom stereocenters. The molecule has 0 unspecified atom stereocenters. The van der Waals surface area contributed by atoms with Gasteiger partial charge in [0, 0.05) is 3.57 Å². The van der Waals surface area contributed by atoms with Gasteiger partial charge < -0.3 is 9.84 Å². The summed E-state index contributed by atoms with van der Waals surface area (Å²) in [6.45, 7) is 0. The minimum atomic E-state index is -0.979. The average molecular weight is 310 g/mol. The Kier molecular flexibility index (Phi) is 3.68. The lowest BCUT2D eigenvalue weighted by Gasteiger charge is -2.06. The number of ether oxygens (including phenoxy) is 1. The maximum atomic E-state index is 13.2. The zero-order valence-corrected chi connectivity index (χ0v) is 9.54. The number of carboxylic acids is 1. The van der Waals surface area contributed by atoms with E-state index < -0.39 is 11.8 Å². The van der Waals surface area contributed by atoms with Gasteiger partial charge in [-0.2, -0.15) is 0 Å². The lowest BCUT2D eigenvalue weighted by molar-refractivity contribution is -0.136. The van der Waals surface area contributed by atoms with Gasteiger partial charge in [-0.25, -0.2) is 4.39 Å². The van der Waals surface area contributed by atoms with Gasteiger partial charge in [0.2, 0.25) is 0 Å². The van der Waals surface area contributed by atoms with Gasteiger partial charge in [-0.15, -0.1) is 0 Å². The van der Waals surface area contributed by atoms with Crippen LogP contribution in [0.1, 0.15) is 5.56 Å². The van der Waals surface area contributed by atoms with Gasteiger partial charge in [0.15, 0.2) is 11.6 Å². The lowest BCUT2D eigenvalue weighted by atomic mass is 10.1. The lowest BCUT2D eigenvalue weighted by Crippen LogP contribution is -2.03. The molecule has 1 rings (SSSR count). The molecule has 1 aromatic rings. The van der Waals surface area contributed by atoms with E-state index in [2.05, 4.69) is 0 Å². The predicted molar refractivity (Wildman–Crippen MR) is 57.0 cm³/mol. The largest absolute Gasteiger partial charge is 0.494 e. The molecule has 0 saturated heterocycles. The van der Waals surface area contributed by atoms with Crippen molar-refractivity contribution < 1.29 is 19.0 Å². The van der Waals surface area contributed by atoms with Crippen LogP contribution in [-0.2, 0) is 11.2 Å². The summed E-state index contributed by atoms with van der Waals surface area (Å²) in [7, 11) is 1.37. The van der Waals surface area contributed by atoms with E-state index in [4.69, 9.17) is 9.84 Å². The molecule has 0 amide bonds. The Hall–Kier alpha value is -0.850. The van der Waals surface area contributed by atoms with Crippen LogP contribution in [-0.4, -0.2) is 18.2 Å². The molecule has 0 aromatic heterocycles. The van der Waals surface area contributed by atoms with Crippen molar-refractivity contribution in [3.8, 4) is 5.75 Å². The normalized spacial score (nSPS) is 9.93. The molecule has 76 valence electrons. The number of aliphatic carboxylic acids is 1. The van der Waals surface area contributed by atoms with Crippen LogP contribution in [0.25, 0.3) is 0 Å². The van der Waals surface area contributed by atoms with Crippen LogP contribution in [0.5, 0.6) is 5.75 Å². The van der Waals surface area contributed by atoms with Crippen LogP contribution in [0.3, 0.4) is 0 Å². The van der Waals surface area contributed by atoms with Crippen molar-refractivity contribution in [2.45, 2.75) is 6.42 Å². The SMILES string of the molecule is COc1cc(I)c(CC(=O)O)cc1F. The molecule has 5 heteroatoms. The fourth-order valence-corrected chi connectivity index (χ4v) is 1.65. The maximum Gasteiger partial charge on any atom is 0.307 e. The third kappa shape index (κ3) is 2.57. The first kappa shape index (κ1) is 11.2. The van der Waals surface area contributed by atoms with Crippen molar-refractivity contribution in [3.05, 3.63) is 27.1 Å². The number of carboxylic acid groups (broad SMARTS) is 1. The Morgan fingerprint density at radius 3 is 2.79 bits per heavy atom. The quantitative estimate of drug-likeness (QED) is 0.870. The van der Waals surface area contributed by atoms with Crippen LogP contribution in [0, 0.1) is 9.39 Å². The van der Waals surface area contributed by atoms with E-state index in [0.717, 1.165) is 0 Å². The molecule has 3 nitrogen and oxygen atoms in total. The predicted octanol–water partition coefficient (Wildman–Crippen LogP) is 2.07. The van der Waals surface area contributed by atoms with Crippen molar-refractivity contribution in [1.82, 2.24) is 0 Å². The molecule has 1 aromatic carbocycles. The highest BCUT2D eigenvalue weighted by Gasteiger charge is 2.10. The van der Waals surface area contributed by atoms with Crippen molar-refractivity contribution in [2.24, 2.45) is 0 Å². The second-order valence-electron chi connectivity index (χ2n) is 2.65. The second kappa shape index (κ2) is 4.59. The van der Waals surface area contributed by atoms with Crippen LogP contribution < -0.4 is 4.74 Å². The topological polar surface area (TPSA) is 46.5 Å². The highest BCUT2D eigenvalue weighted by Crippen LogP contribution is 2.23. The second-order valence-corrected chi connectivity index (χ2v) is 3.81. The number of hydrogen-bond donors (Lipinski definition) is 1.